The molecule has 0 saturated heterocycles. The molecule has 0 spiro atoms. The molecule has 0 bridgehead atoms. The molecule has 0 fully saturated rings. The predicted molar refractivity (Wildman–Crippen MR) is 83.3 cm³/mol. The van der Waals surface area contributed by atoms with E-state index < -0.39 is 0 Å². The summed E-state index contributed by atoms with van der Waals surface area (Å²) in [4.78, 5) is 21.1. The highest BCUT2D eigenvalue weighted by molar-refractivity contribution is 6.24. The van der Waals surface area contributed by atoms with Crippen LogP contribution in [0.5, 0.6) is 5.75 Å². The maximum Gasteiger partial charge on any atom is 0.195 e. The van der Waals surface area contributed by atoms with Gasteiger partial charge in [-0.05, 0) is 37.5 Å². The van der Waals surface area contributed by atoms with Gasteiger partial charge in [-0.3, -0.25) is 9.59 Å². The van der Waals surface area contributed by atoms with Gasteiger partial charge in [0.05, 0.1) is 19.8 Å². The molecule has 5 nitrogen and oxygen atoms in total. The van der Waals surface area contributed by atoms with Crippen LogP contribution in [0.4, 0.5) is 0 Å². The maximum atomic E-state index is 10.9. The molecule has 0 N–H and O–H groups in total. The summed E-state index contributed by atoms with van der Waals surface area (Å²) in [5, 5.41) is 0. The first kappa shape index (κ1) is 18.3. The van der Waals surface area contributed by atoms with Crippen LogP contribution in [0.3, 0.4) is 0 Å². The average molecular weight is 308 g/mol. The minimum atomic E-state index is -0.343. The zero-order chi connectivity index (χ0) is 16.0. The molecule has 0 amide bonds. The second-order valence-corrected chi connectivity index (χ2v) is 4.74. The summed E-state index contributed by atoms with van der Waals surface area (Å²) < 4.78 is 16.1. The van der Waals surface area contributed by atoms with E-state index in [0.717, 1.165) is 17.7 Å². The number of ether oxygens (including phenoxy) is 3. The first-order valence-corrected chi connectivity index (χ1v) is 7.61. The molecular weight excluding hydrogens is 284 g/mol. The van der Waals surface area contributed by atoms with Gasteiger partial charge < -0.3 is 14.2 Å². The number of aldehydes is 1. The molecule has 5 heteroatoms. The van der Waals surface area contributed by atoms with Crippen molar-refractivity contribution in [3.05, 3.63) is 29.8 Å². The molecule has 22 heavy (non-hydrogen) atoms. The molecule has 1 aromatic carbocycles. The van der Waals surface area contributed by atoms with Crippen molar-refractivity contribution in [3.63, 3.8) is 0 Å². The summed E-state index contributed by atoms with van der Waals surface area (Å²) in [6.07, 6.45) is 2.15. The number of aryl methyl sites for hydroxylation is 1. The number of Topliss-reactive ketones (excluding diaryl/α,β-unsaturated/α-hetero) is 1. The molecule has 0 aliphatic carbocycles. The van der Waals surface area contributed by atoms with Gasteiger partial charge in [-0.15, -0.1) is 0 Å². The van der Waals surface area contributed by atoms with Crippen molar-refractivity contribution in [2.45, 2.75) is 26.2 Å². The van der Waals surface area contributed by atoms with Crippen LogP contribution in [0.2, 0.25) is 0 Å². The summed E-state index contributed by atoms with van der Waals surface area (Å²) >= 11 is 0. The molecule has 0 aromatic heterocycles. The van der Waals surface area contributed by atoms with E-state index in [4.69, 9.17) is 14.2 Å². The summed E-state index contributed by atoms with van der Waals surface area (Å²) in [5.41, 5.74) is 1.12. The van der Waals surface area contributed by atoms with E-state index in [2.05, 4.69) is 0 Å². The Balaban J connectivity index is 2.13. The Morgan fingerprint density at radius 2 is 1.73 bits per heavy atom. The van der Waals surface area contributed by atoms with Crippen molar-refractivity contribution in [1.82, 2.24) is 0 Å². The van der Waals surface area contributed by atoms with E-state index in [1.807, 2.05) is 31.2 Å². The second kappa shape index (κ2) is 11.9. The van der Waals surface area contributed by atoms with Gasteiger partial charge in [0.2, 0.25) is 0 Å². The Morgan fingerprint density at radius 3 is 2.41 bits per heavy atom. The van der Waals surface area contributed by atoms with Gasteiger partial charge in [-0.1, -0.05) is 12.1 Å². The first-order chi connectivity index (χ1) is 10.8. The van der Waals surface area contributed by atoms with Crippen LogP contribution in [0.15, 0.2) is 24.3 Å². The van der Waals surface area contributed by atoms with Crippen LogP contribution in [0, 0.1) is 0 Å². The van der Waals surface area contributed by atoms with Gasteiger partial charge >= 0.3 is 0 Å². The average Bonchev–Trinajstić information content (AvgIpc) is 2.55. The van der Waals surface area contributed by atoms with Crippen molar-refractivity contribution >= 4 is 12.1 Å². The van der Waals surface area contributed by atoms with Crippen LogP contribution in [0.1, 0.15) is 25.3 Å². The van der Waals surface area contributed by atoms with E-state index in [9.17, 15) is 9.59 Å². The highest BCUT2D eigenvalue weighted by Crippen LogP contribution is 2.13. The van der Waals surface area contributed by atoms with Crippen molar-refractivity contribution in [1.29, 1.82) is 0 Å². The van der Waals surface area contributed by atoms with Crippen molar-refractivity contribution in [2.24, 2.45) is 0 Å². The number of benzene rings is 1. The van der Waals surface area contributed by atoms with Gasteiger partial charge in [0, 0.05) is 13.0 Å². The fraction of sp³-hybridized carbons (Fsp3) is 0.529. The second-order valence-electron chi connectivity index (χ2n) is 4.74. The van der Waals surface area contributed by atoms with Crippen LogP contribution in [0.25, 0.3) is 0 Å². The van der Waals surface area contributed by atoms with E-state index in [-0.39, 0.29) is 5.78 Å². The van der Waals surface area contributed by atoms with Gasteiger partial charge in [-0.25, -0.2) is 0 Å². The Bertz CT molecular complexity index is 427. The Hall–Kier alpha value is -1.72. The largest absolute Gasteiger partial charge is 0.491 e. The molecule has 122 valence electrons. The number of hydrogen-bond donors (Lipinski definition) is 0. The topological polar surface area (TPSA) is 61.8 Å². The minimum Gasteiger partial charge on any atom is -0.491 e. The fourth-order valence-electron chi connectivity index (χ4n) is 1.86. The fourth-order valence-corrected chi connectivity index (χ4v) is 1.86. The molecule has 0 saturated carbocycles. The van der Waals surface area contributed by atoms with Crippen LogP contribution >= 0.6 is 0 Å². The van der Waals surface area contributed by atoms with Crippen LogP contribution in [-0.4, -0.2) is 45.1 Å². The van der Waals surface area contributed by atoms with Crippen molar-refractivity contribution < 1.29 is 23.8 Å². The molecule has 0 radical (unpaired) electrons. The Kier molecular flexibility index (Phi) is 9.90. The third-order valence-electron chi connectivity index (χ3n) is 3.02. The summed E-state index contributed by atoms with van der Waals surface area (Å²) in [6, 6.07) is 7.74. The van der Waals surface area contributed by atoms with Gasteiger partial charge in [0.1, 0.15) is 12.4 Å². The lowest BCUT2D eigenvalue weighted by atomic mass is 10.1. The molecule has 0 unspecified atom stereocenters. The summed E-state index contributed by atoms with van der Waals surface area (Å²) in [7, 11) is 0. The summed E-state index contributed by atoms with van der Waals surface area (Å²) in [5.74, 6) is 0.449. The van der Waals surface area contributed by atoms with Gasteiger partial charge in [0.15, 0.2) is 12.1 Å². The number of ketones is 1. The number of hydrogen-bond acceptors (Lipinski definition) is 5. The van der Waals surface area contributed by atoms with E-state index in [0.29, 0.717) is 52.2 Å². The zero-order valence-corrected chi connectivity index (χ0v) is 13.1. The van der Waals surface area contributed by atoms with E-state index in [1.165, 1.54) is 0 Å². The molecular formula is C17H24O5. The smallest absolute Gasteiger partial charge is 0.195 e. The summed E-state index contributed by atoms with van der Waals surface area (Å²) in [6.45, 7) is 4.87. The highest BCUT2D eigenvalue weighted by Gasteiger charge is 2.00. The van der Waals surface area contributed by atoms with E-state index >= 15 is 0 Å². The Morgan fingerprint density at radius 1 is 1.05 bits per heavy atom. The van der Waals surface area contributed by atoms with Crippen LogP contribution < -0.4 is 4.74 Å². The normalized spacial score (nSPS) is 10.4. The Labute approximate surface area is 131 Å². The minimum absolute atomic E-state index is 0.306. The quantitative estimate of drug-likeness (QED) is 0.318. The van der Waals surface area contributed by atoms with E-state index in [1.54, 1.807) is 0 Å². The third kappa shape index (κ3) is 8.54. The lowest BCUT2D eigenvalue weighted by Crippen LogP contribution is -2.10. The van der Waals surface area contributed by atoms with Gasteiger partial charge in [-0.2, -0.15) is 0 Å². The zero-order valence-electron chi connectivity index (χ0n) is 13.1. The number of carbonyl (C=O) groups is 2. The van der Waals surface area contributed by atoms with Crippen molar-refractivity contribution in [2.75, 3.05) is 33.0 Å². The standard InChI is InChI=1S/C17H24O5/c1-2-20-10-11-21-12-13-22-17-8-6-15(7-9-17)4-3-5-16(19)14-18/h6-9,14H,2-5,10-13H2,1H3. The first-order valence-electron chi connectivity index (χ1n) is 7.61. The number of rotatable bonds is 13. The third-order valence-corrected chi connectivity index (χ3v) is 3.02. The molecule has 1 aromatic rings. The lowest BCUT2D eigenvalue weighted by molar-refractivity contribution is -0.129. The number of carbonyl (C=O) groups excluding carboxylic acids is 2. The maximum absolute atomic E-state index is 10.9. The molecule has 0 aliphatic rings. The monoisotopic (exact) mass is 308 g/mol. The highest BCUT2D eigenvalue weighted by atomic mass is 16.5. The van der Waals surface area contributed by atoms with Crippen molar-refractivity contribution in [3.8, 4) is 5.75 Å². The van der Waals surface area contributed by atoms with Gasteiger partial charge in [0.25, 0.3) is 0 Å². The predicted octanol–water partition coefficient (Wildman–Crippen LogP) is 2.21. The molecule has 0 heterocycles. The van der Waals surface area contributed by atoms with Crippen LogP contribution in [-0.2, 0) is 25.5 Å². The lowest BCUT2D eigenvalue weighted by Gasteiger charge is -2.08. The molecule has 1 rings (SSSR count). The molecule has 0 aliphatic heterocycles. The SMILES string of the molecule is CCOCCOCCOc1ccc(CCCC(=O)C=O)cc1. The molecule has 0 atom stereocenters.